The highest BCUT2D eigenvalue weighted by atomic mass is 16.3. The highest BCUT2D eigenvalue weighted by Crippen LogP contribution is 2.27. The fourth-order valence-electron chi connectivity index (χ4n) is 2.21. The number of aliphatic hydroxyl groups is 1. The zero-order valence-corrected chi connectivity index (χ0v) is 11.6. The smallest absolute Gasteiger partial charge is 0.0863 e. The molecule has 1 aliphatic carbocycles. The van der Waals surface area contributed by atoms with E-state index in [-0.39, 0.29) is 6.61 Å². The molecule has 2 aromatic rings. The Morgan fingerprint density at radius 2 is 1.76 bits per heavy atom. The normalized spacial score (nSPS) is 13.9. The third-order valence-corrected chi connectivity index (χ3v) is 3.39. The van der Waals surface area contributed by atoms with Gasteiger partial charge >= 0.3 is 0 Å². The van der Waals surface area contributed by atoms with Crippen molar-refractivity contribution in [2.45, 2.75) is 13.0 Å². The van der Waals surface area contributed by atoms with Crippen molar-refractivity contribution in [3.05, 3.63) is 77.9 Å². The molecule has 0 amide bonds. The molecule has 3 rings (SSSR count). The minimum absolute atomic E-state index is 0.0443. The first-order valence-corrected chi connectivity index (χ1v) is 6.93. The summed E-state index contributed by atoms with van der Waals surface area (Å²) in [5, 5.41) is 17.5. The molecule has 1 aliphatic rings. The average molecular weight is 276 g/mol. The lowest BCUT2D eigenvalue weighted by molar-refractivity contribution is 0.282. The number of allylic oxidation sites excluding steroid dienone is 4. The molecule has 0 aromatic heterocycles. The van der Waals surface area contributed by atoms with Gasteiger partial charge in [-0.05, 0) is 47.4 Å². The molecular formula is C18H16N2O. The van der Waals surface area contributed by atoms with E-state index in [0.717, 1.165) is 23.4 Å². The fraction of sp³-hybridized carbons (Fsp3) is 0.111. The van der Waals surface area contributed by atoms with E-state index in [1.807, 2.05) is 42.5 Å². The van der Waals surface area contributed by atoms with E-state index >= 15 is 0 Å². The summed E-state index contributed by atoms with van der Waals surface area (Å²) in [4.78, 5) is 0. The Bertz CT molecular complexity index is 712. The SMILES string of the molecule is OCc1ccc(N=Nc2cccc(C3=CC=CC3)c2)cc1. The number of benzene rings is 2. The van der Waals surface area contributed by atoms with Crippen LogP contribution in [0, 0.1) is 0 Å². The van der Waals surface area contributed by atoms with Crippen LogP contribution in [0.2, 0.25) is 0 Å². The second kappa shape index (κ2) is 6.29. The van der Waals surface area contributed by atoms with Gasteiger partial charge in [0.15, 0.2) is 0 Å². The van der Waals surface area contributed by atoms with E-state index < -0.39 is 0 Å². The van der Waals surface area contributed by atoms with Crippen molar-refractivity contribution in [3.8, 4) is 0 Å². The van der Waals surface area contributed by atoms with Crippen LogP contribution < -0.4 is 0 Å². The molecule has 0 saturated carbocycles. The van der Waals surface area contributed by atoms with Crippen LogP contribution in [0.15, 0.2) is 77.0 Å². The number of azo groups is 1. The predicted octanol–water partition coefficient (Wildman–Crippen LogP) is 4.94. The summed E-state index contributed by atoms with van der Waals surface area (Å²) in [6.07, 6.45) is 7.32. The van der Waals surface area contributed by atoms with Gasteiger partial charge in [-0.1, -0.05) is 42.5 Å². The molecule has 104 valence electrons. The molecule has 0 saturated heterocycles. The molecule has 0 unspecified atom stereocenters. The van der Waals surface area contributed by atoms with Crippen molar-refractivity contribution in [1.82, 2.24) is 0 Å². The van der Waals surface area contributed by atoms with Crippen molar-refractivity contribution in [2.75, 3.05) is 0 Å². The van der Waals surface area contributed by atoms with E-state index in [4.69, 9.17) is 5.11 Å². The summed E-state index contributed by atoms with van der Waals surface area (Å²) in [6, 6.07) is 15.5. The Kier molecular flexibility index (Phi) is 4.03. The van der Waals surface area contributed by atoms with Crippen molar-refractivity contribution in [3.63, 3.8) is 0 Å². The number of rotatable bonds is 4. The second-order valence-corrected chi connectivity index (χ2v) is 4.90. The zero-order chi connectivity index (χ0) is 14.5. The number of nitrogens with zero attached hydrogens (tertiary/aromatic N) is 2. The molecule has 2 aromatic carbocycles. The van der Waals surface area contributed by atoms with Gasteiger partial charge in [-0.2, -0.15) is 10.2 Å². The number of aliphatic hydroxyl groups excluding tert-OH is 1. The van der Waals surface area contributed by atoms with Crippen LogP contribution in [0.1, 0.15) is 17.5 Å². The maximum atomic E-state index is 9.01. The molecule has 0 radical (unpaired) electrons. The van der Waals surface area contributed by atoms with Crippen molar-refractivity contribution >= 4 is 16.9 Å². The predicted molar refractivity (Wildman–Crippen MR) is 84.7 cm³/mol. The summed E-state index contributed by atoms with van der Waals surface area (Å²) in [6.45, 7) is 0.0443. The van der Waals surface area contributed by atoms with Crippen LogP contribution in [0.4, 0.5) is 11.4 Å². The van der Waals surface area contributed by atoms with Crippen LogP contribution in [0.3, 0.4) is 0 Å². The third kappa shape index (κ3) is 3.33. The van der Waals surface area contributed by atoms with Crippen LogP contribution in [-0.2, 0) is 6.61 Å². The van der Waals surface area contributed by atoms with Crippen LogP contribution in [-0.4, -0.2) is 5.11 Å². The summed E-state index contributed by atoms with van der Waals surface area (Å²) >= 11 is 0. The summed E-state index contributed by atoms with van der Waals surface area (Å²) in [7, 11) is 0. The van der Waals surface area contributed by atoms with Gasteiger partial charge in [0.05, 0.1) is 18.0 Å². The largest absolute Gasteiger partial charge is 0.392 e. The Morgan fingerprint density at radius 3 is 2.48 bits per heavy atom. The molecule has 1 N–H and O–H groups in total. The van der Waals surface area contributed by atoms with E-state index in [0.29, 0.717) is 0 Å². The molecule has 0 heterocycles. The molecule has 3 heteroatoms. The van der Waals surface area contributed by atoms with Gasteiger partial charge in [-0.25, -0.2) is 0 Å². The summed E-state index contributed by atoms with van der Waals surface area (Å²) in [5.74, 6) is 0. The van der Waals surface area contributed by atoms with E-state index in [1.54, 1.807) is 0 Å². The minimum Gasteiger partial charge on any atom is -0.392 e. The van der Waals surface area contributed by atoms with E-state index in [1.165, 1.54) is 11.1 Å². The fourth-order valence-corrected chi connectivity index (χ4v) is 2.21. The molecule has 0 spiro atoms. The van der Waals surface area contributed by atoms with Crippen molar-refractivity contribution in [2.24, 2.45) is 10.2 Å². The van der Waals surface area contributed by atoms with Gasteiger partial charge in [0.25, 0.3) is 0 Å². The van der Waals surface area contributed by atoms with Crippen molar-refractivity contribution < 1.29 is 5.11 Å². The Morgan fingerprint density at radius 1 is 0.952 bits per heavy atom. The number of hydrogen-bond acceptors (Lipinski definition) is 3. The van der Waals surface area contributed by atoms with Crippen LogP contribution in [0.5, 0.6) is 0 Å². The van der Waals surface area contributed by atoms with Gasteiger partial charge in [0.1, 0.15) is 0 Å². The van der Waals surface area contributed by atoms with E-state index in [2.05, 4.69) is 34.5 Å². The lowest BCUT2D eigenvalue weighted by Gasteiger charge is -2.02. The zero-order valence-electron chi connectivity index (χ0n) is 11.6. The van der Waals surface area contributed by atoms with Crippen LogP contribution >= 0.6 is 0 Å². The van der Waals surface area contributed by atoms with Crippen molar-refractivity contribution in [1.29, 1.82) is 0 Å². The first kappa shape index (κ1) is 13.5. The number of hydrogen-bond donors (Lipinski definition) is 1. The van der Waals surface area contributed by atoms with Gasteiger partial charge in [0.2, 0.25) is 0 Å². The molecule has 0 aliphatic heterocycles. The van der Waals surface area contributed by atoms with Gasteiger partial charge in [-0.15, -0.1) is 0 Å². The maximum Gasteiger partial charge on any atom is 0.0863 e. The topological polar surface area (TPSA) is 45.0 Å². The average Bonchev–Trinajstić information content (AvgIpc) is 3.08. The Labute approximate surface area is 124 Å². The maximum absolute atomic E-state index is 9.01. The first-order valence-electron chi connectivity index (χ1n) is 6.93. The lowest BCUT2D eigenvalue weighted by Crippen LogP contribution is -1.80. The Balaban J connectivity index is 1.77. The van der Waals surface area contributed by atoms with Gasteiger partial charge in [0, 0.05) is 0 Å². The van der Waals surface area contributed by atoms with E-state index in [9.17, 15) is 0 Å². The molecule has 21 heavy (non-hydrogen) atoms. The molecule has 0 fully saturated rings. The highest BCUT2D eigenvalue weighted by molar-refractivity contribution is 5.72. The Hall–Kier alpha value is -2.52. The second-order valence-electron chi connectivity index (χ2n) is 4.90. The first-order chi connectivity index (χ1) is 10.3. The molecule has 3 nitrogen and oxygen atoms in total. The molecule has 0 atom stereocenters. The third-order valence-electron chi connectivity index (χ3n) is 3.39. The summed E-state index contributed by atoms with van der Waals surface area (Å²) < 4.78 is 0. The standard InChI is InChI=1S/C18H16N2O/c21-13-14-8-10-17(11-9-14)19-20-18-7-3-6-16(12-18)15-4-1-2-5-15/h1-4,6-12,21H,5,13H2. The molecule has 0 bridgehead atoms. The monoisotopic (exact) mass is 276 g/mol. The lowest BCUT2D eigenvalue weighted by atomic mass is 10.1. The molecular weight excluding hydrogens is 260 g/mol. The van der Waals surface area contributed by atoms with Gasteiger partial charge < -0.3 is 5.11 Å². The van der Waals surface area contributed by atoms with Gasteiger partial charge in [-0.3, -0.25) is 0 Å². The minimum atomic E-state index is 0.0443. The highest BCUT2D eigenvalue weighted by Gasteiger charge is 2.03. The van der Waals surface area contributed by atoms with Crippen LogP contribution in [0.25, 0.3) is 5.57 Å². The summed E-state index contributed by atoms with van der Waals surface area (Å²) in [5.41, 5.74) is 4.98. The quantitative estimate of drug-likeness (QED) is 0.790.